The fourth-order valence-corrected chi connectivity index (χ4v) is 1.03. The van der Waals surface area contributed by atoms with E-state index in [2.05, 4.69) is 13.8 Å². The monoisotopic (exact) mass is 146 g/mol. The summed E-state index contributed by atoms with van der Waals surface area (Å²) in [5, 5.41) is 18.1. The minimum atomic E-state index is -0.381. The lowest BCUT2D eigenvalue weighted by Crippen LogP contribution is -2.16. The molecule has 10 heavy (non-hydrogen) atoms. The van der Waals surface area contributed by atoms with E-state index in [4.69, 9.17) is 5.11 Å². The van der Waals surface area contributed by atoms with E-state index in [1.54, 1.807) is 6.92 Å². The molecule has 62 valence electrons. The van der Waals surface area contributed by atoms with Gasteiger partial charge in [0.25, 0.3) is 0 Å². The summed E-state index contributed by atoms with van der Waals surface area (Å²) in [6.45, 7) is 5.82. The van der Waals surface area contributed by atoms with Gasteiger partial charge < -0.3 is 10.2 Å². The Morgan fingerprint density at radius 1 is 1.00 bits per heavy atom. The van der Waals surface area contributed by atoms with E-state index in [0.717, 1.165) is 6.42 Å². The summed E-state index contributed by atoms with van der Waals surface area (Å²) >= 11 is 0. The first-order chi connectivity index (χ1) is 4.52. The van der Waals surface area contributed by atoms with Crippen LogP contribution in [0.5, 0.6) is 0 Å². The quantitative estimate of drug-likeness (QED) is 0.625. The van der Waals surface area contributed by atoms with E-state index in [1.807, 2.05) is 0 Å². The van der Waals surface area contributed by atoms with Crippen molar-refractivity contribution in [1.82, 2.24) is 0 Å². The second-order valence-corrected chi connectivity index (χ2v) is 3.37. The minimum absolute atomic E-state index is 0.333. The predicted molar refractivity (Wildman–Crippen MR) is 41.8 cm³/mol. The van der Waals surface area contributed by atoms with E-state index >= 15 is 0 Å². The Hall–Kier alpha value is -0.0800. The summed E-state index contributed by atoms with van der Waals surface area (Å²) in [6.07, 6.45) is 0.567. The molecule has 0 aliphatic carbocycles. The first-order valence-corrected chi connectivity index (χ1v) is 3.88. The van der Waals surface area contributed by atoms with Gasteiger partial charge in [0.1, 0.15) is 0 Å². The largest absolute Gasteiger partial charge is 0.393 e. The molecule has 0 unspecified atom stereocenters. The summed E-state index contributed by atoms with van der Waals surface area (Å²) in [4.78, 5) is 0. The smallest absolute Gasteiger partial charge is 0.0567 e. The summed E-state index contributed by atoms with van der Waals surface area (Å²) in [7, 11) is 0. The fourth-order valence-electron chi connectivity index (χ4n) is 1.03. The van der Waals surface area contributed by atoms with Gasteiger partial charge in [0.2, 0.25) is 0 Å². The maximum Gasteiger partial charge on any atom is 0.0567 e. The van der Waals surface area contributed by atoms with Gasteiger partial charge in [-0.1, -0.05) is 13.8 Å². The van der Waals surface area contributed by atoms with Crippen LogP contribution in [0.25, 0.3) is 0 Å². The molecule has 0 radical (unpaired) electrons. The lowest BCUT2D eigenvalue weighted by molar-refractivity contribution is 0.0772. The highest BCUT2D eigenvalue weighted by Gasteiger charge is 2.08. The molecular weight excluding hydrogens is 128 g/mol. The Labute approximate surface area is 62.9 Å². The maximum absolute atomic E-state index is 9.23. The van der Waals surface area contributed by atoms with Crippen LogP contribution in [-0.2, 0) is 0 Å². The molecule has 2 atom stereocenters. The van der Waals surface area contributed by atoms with Crippen molar-refractivity contribution in [2.75, 3.05) is 0 Å². The van der Waals surface area contributed by atoms with Gasteiger partial charge in [0, 0.05) is 0 Å². The maximum atomic E-state index is 9.23. The molecule has 0 saturated carbocycles. The molecule has 0 amide bonds. The second-order valence-electron chi connectivity index (χ2n) is 3.37. The highest BCUT2D eigenvalue weighted by atomic mass is 16.3. The Morgan fingerprint density at radius 2 is 1.50 bits per heavy atom. The van der Waals surface area contributed by atoms with Gasteiger partial charge in [0.05, 0.1) is 12.2 Å². The molecule has 0 fully saturated rings. The zero-order valence-corrected chi connectivity index (χ0v) is 7.04. The minimum Gasteiger partial charge on any atom is -0.393 e. The molecule has 0 rings (SSSR count). The van der Waals surface area contributed by atoms with Crippen LogP contribution in [0.1, 0.15) is 33.6 Å². The highest BCUT2D eigenvalue weighted by molar-refractivity contribution is 4.61. The van der Waals surface area contributed by atoms with Crippen molar-refractivity contribution in [3.8, 4) is 0 Å². The highest BCUT2D eigenvalue weighted by Crippen LogP contribution is 2.08. The van der Waals surface area contributed by atoms with Crippen LogP contribution in [0, 0.1) is 5.92 Å². The lowest BCUT2D eigenvalue weighted by Gasteiger charge is -2.13. The van der Waals surface area contributed by atoms with E-state index in [0.29, 0.717) is 12.3 Å². The number of aliphatic hydroxyl groups excluding tert-OH is 2. The summed E-state index contributed by atoms with van der Waals surface area (Å²) < 4.78 is 0. The normalized spacial score (nSPS) is 17.4. The zero-order valence-electron chi connectivity index (χ0n) is 7.04. The van der Waals surface area contributed by atoms with Gasteiger partial charge in [-0.25, -0.2) is 0 Å². The SMILES string of the molecule is CC(C)C[C@@H](O)C[C@H](C)O. The van der Waals surface area contributed by atoms with Crippen molar-refractivity contribution in [2.45, 2.75) is 45.8 Å². The Morgan fingerprint density at radius 3 is 1.80 bits per heavy atom. The standard InChI is InChI=1S/C8H18O2/c1-6(2)4-8(10)5-7(3)9/h6-10H,4-5H2,1-3H3/t7-,8+/m0/s1. The van der Waals surface area contributed by atoms with E-state index < -0.39 is 0 Å². The van der Waals surface area contributed by atoms with Gasteiger partial charge in [-0.3, -0.25) is 0 Å². The Kier molecular flexibility index (Phi) is 4.65. The topological polar surface area (TPSA) is 40.5 Å². The van der Waals surface area contributed by atoms with Crippen LogP contribution in [-0.4, -0.2) is 22.4 Å². The van der Waals surface area contributed by atoms with Crippen molar-refractivity contribution in [3.05, 3.63) is 0 Å². The van der Waals surface area contributed by atoms with Crippen molar-refractivity contribution in [1.29, 1.82) is 0 Å². The third kappa shape index (κ3) is 6.05. The van der Waals surface area contributed by atoms with Crippen LogP contribution in [0.3, 0.4) is 0 Å². The Balaban J connectivity index is 3.34. The van der Waals surface area contributed by atoms with Crippen LogP contribution in [0.2, 0.25) is 0 Å². The lowest BCUT2D eigenvalue weighted by atomic mass is 10.0. The van der Waals surface area contributed by atoms with Gasteiger partial charge in [0.15, 0.2) is 0 Å². The first-order valence-electron chi connectivity index (χ1n) is 3.88. The molecule has 0 aromatic carbocycles. The first kappa shape index (κ1) is 9.92. The van der Waals surface area contributed by atoms with Gasteiger partial charge >= 0.3 is 0 Å². The molecule has 2 nitrogen and oxygen atoms in total. The van der Waals surface area contributed by atoms with Crippen LogP contribution in [0.15, 0.2) is 0 Å². The molecule has 0 aliphatic heterocycles. The number of rotatable bonds is 4. The van der Waals surface area contributed by atoms with Gasteiger partial charge in [-0.2, -0.15) is 0 Å². The molecule has 2 heteroatoms. The second kappa shape index (κ2) is 4.69. The van der Waals surface area contributed by atoms with Crippen molar-refractivity contribution in [3.63, 3.8) is 0 Å². The van der Waals surface area contributed by atoms with Crippen LogP contribution < -0.4 is 0 Å². The average Bonchev–Trinajstić information content (AvgIpc) is 1.58. The van der Waals surface area contributed by atoms with E-state index in [1.165, 1.54) is 0 Å². The number of hydrogen-bond acceptors (Lipinski definition) is 2. The predicted octanol–water partition coefficient (Wildman–Crippen LogP) is 1.16. The fraction of sp³-hybridized carbons (Fsp3) is 1.00. The average molecular weight is 146 g/mol. The van der Waals surface area contributed by atoms with Crippen molar-refractivity contribution >= 4 is 0 Å². The molecule has 0 aromatic heterocycles. The molecule has 0 bridgehead atoms. The van der Waals surface area contributed by atoms with Gasteiger partial charge in [-0.05, 0) is 25.7 Å². The van der Waals surface area contributed by atoms with Gasteiger partial charge in [-0.15, -0.1) is 0 Å². The van der Waals surface area contributed by atoms with Crippen molar-refractivity contribution in [2.24, 2.45) is 5.92 Å². The summed E-state index contributed by atoms with van der Waals surface area (Å²) in [5.74, 6) is 0.508. The summed E-state index contributed by atoms with van der Waals surface area (Å²) in [6, 6.07) is 0. The summed E-state index contributed by atoms with van der Waals surface area (Å²) in [5.41, 5.74) is 0. The molecule has 0 aliphatic rings. The molecule has 0 heterocycles. The van der Waals surface area contributed by atoms with E-state index in [9.17, 15) is 5.11 Å². The molecular formula is C8H18O2. The van der Waals surface area contributed by atoms with Crippen LogP contribution in [0.4, 0.5) is 0 Å². The molecule has 2 N–H and O–H groups in total. The van der Waals surface area contributed by atoms with E-state index in [-0.39, 0.29) is 12.2 Å². The van der Waals surface area contributed by atoms with Crippen molar-refractivity contribution < 1.29 is 10.2 Å². The zero-order chi connectivity index (χ0) is 8.15. The molecule has 0 spiro atoms. The van der Waals surface area contributed by atoms with Crippen LogP contribution >= 0.6 is 0 Å². The third-order valence-corrected chi connectivity index (χ3v) is 1.36. The molecule has 0 saturated heterocycles. The third-order valence-electron chi connectivity index (χ3n) is 1.36. The molecule has 0 aromatic rings. The number of hydrogen-bond donors (Lipinski definition) is 2. The Bertz CT molecular complexity index is 69.3. The number of aliphatic hydroxyl groups is 2.